The van der Waals surface area contributed by atoms with Crippen LogP contribution in [-0.4, -0.2) is 41.3 Å². The molecule has 0 aromatic heterocycles. The van der Waals surface area contributed by atoms with E-state index in [-0.39, 0.29) is 11.7 Å². The average molecular weight is 339 g/mol. The van der Waals surface area contributed by atoms with Crippen LogP contribution >= 0.6 is 0 Å². The Kier molecular flexibility index (Phi) is 5.85. The van der Waals surface area contributed by atoms with E-state index < -0.39 is 22.9 Å². The quantitative estimate of drug-likeness (QED) is 0.484. The number of carboxylic acids is 1. The maximum absolute atomic E-state index is 13.6. The number of nitro groups is 1. The van der Waals surface area contributed by atoms with Crippen molar-refractivity contribution in [1.29, 1.82) is 0 Å². The molecule has 0 unspecified atom stereocenters. The number of carbonyl (C=O) groups is 1. The van der Waals surface area contributed by atoms with E-state index in [4.69, 9.17) is 15.6 Å². The number of halogens is 4. The van der Waals surface area contributed by atoms with Crippen molar-refractivity contribution in [2.24, 2.45) is 5.73 Å². The SMILES string of the molecule is N[C@@H]1CCN(c2ccc([N+](=O)[O-])cc2F)C1.O=C(O)C(F)(F)F. The summed E-state index contributed by atoms with van der Waals surface area (Å²) in [6.07, 6.45) is -4.27. The van der Waals surface area contributed by atoms with Crippen LogP contribution in [-0.2, 0) is 4.79 Å². The molecule has 7 nitrogen and oxygen atoms in total. The molecule has 11 heteroatoms. The highest BCUT2D eigenvalue weighted by molar-refractivity contribution is 5.73. The van der Waals surface area contributed by atoms with Crippen molar-refractivity contribution in [2.75, 3.05) is 18.0 Å². The maximum atomic E-state index is 13.6. The zero-order valence-electron chi connectivity index (χ0n) is 11.6. The first-order valence-electron chi connectivity index (χ1n) is 6.27. The zero-order valence-corrected chi connectivity index (χ0v) is 11.6. The molecule has 3 N–H and O–H groups in total. The highest BCUT2D eigenvalue weighted by atomic mass is 19.4. The van der Waals surface area contributed by atoms with Gasteiger partial charge >= 0.3 is 12.1 Å². The van der Waals surface area contributed by atoms with Gasteiger partial charge in [-0.2, -0.15) is 13.2 Å². The Balaban J connectivity index is 0.000000322. The van der Waals surface area contributed by atoms with Crippen LogP contribution in [0.2, 0.25) is 0 Å². The molecule has 1 heterocycles. The number of nitrogens with two attached hydrogens (primary N) is 1. The van der Waals surface area contributed by atoms with E-state index in [0.717, 1.165) is 12.5 Å². The van der Waals surface area contributed by atoms with Crippen LogP contribution in [0.25, 0.3) is 0 Å². The Hall–Kier alpha value is -2.43. The third kappa shape index (κ3) is 5.36. The van der Waals surface area contributed by atoms with Crippen LogP contribution in [0.3, 0.4) is 0 Å². The summed E-state index contributed by atoms with van der Waals surface area (Å²) in [7, 11) is 0. The number of nitro benzene ring substituents is 1. The van der Waals surface area contributed by atoms with Gasteiger partial charge in [0.05, 0.1) is 16.7 Å². The molecule has 0 aliphatic carbocycles. The van der Waals surface area contributed by atoms with Crippen molar-refractivity contribution in [2.45, 2.75) is 18.6 Å². The van der Waals surface area contributed by atoms with E-state index in [1.165, 1.54) is 12.1 Å². The molecule has 1 aliphatic heterocycles. The summed E-state index contributed by atoms with van der Waals surface area (Å²) in [5.41, 5.74) is 5.87. The summed E-state index contributed by atoms with van der Waals surface area (Å²) in [6, 6.07) is 3.74. The molecule has 0 saturated carbocycles. The molecule has 1 atom stereocenters. The molecule has 0 spiro atoms. The number of benzene rings is 1. The average Bonchev–Trinajstić information content (AvgIpc) is 2.84. The second kappa shape index (κ2) is 7.22. The Morgan fingerprint density at radius 2 is 2.00 bits per heavy atom. The molecule has 0 amide bonds. The van der Waals surface area contributed by atoms with E-state index in [9.17, 15) is 27.7 Å². The molecule has 128 valence electrons. The molecule has 23 heavy (non-hydrogen) atoms. The minimum absolute atomic E-state index is 0.0505. The Bertz CT molecular complexity index is 594. The van der Waals surface area contributed by atoms with Crippen molar-refractivity contribution >= 4 is 17.3 Å². The summed E-state index contributed by atoms with van der Waals surface area (Å²) in [4.78, 5) is 20.5. The number of hydrogen-bond acceptors (Lipinski definition) is 5. The summed E-state index contributed by atoms with van der Waals surface area (Å²) < 4.78 is 45.3. The van der Waals surface area contributed by atoms with Gasteiger partial charge in [0.25, 0.3) is 5.69 Å². The highest BCUT2D eigenvalue weighted by Crippen LogP contribution is 2.26. The van der Waals surface area contributed by atoms with Crippen LogP contribution in [0.15, 0.2) is 18.2 Å². The third-order valence-corrected chi connectivity index (χ3v) is 2.95. The molecular formula is C12H13F4N3O4. The van der Waals surface area contributed by atoms with Crippen molar-refractivity contribution < 1.29 is 32.4 Å². The van der Waals surface area contributed by atoms with Gasteiger partial charge in [0, 0.05) is 25.2 Å². The fourth-order valence-electron chi connectivity index (χ4n) is 1.87. The van der Waals surface area contributed by atoms with E-state index in [1.54, 1.807) is 0 Å². The molecule has 1 aromatic rings. The van der Waals surface area contributed by atoms with Gasteiger partial charge in [-0.25, -0.2) is 9.18 Å². The molecule has 0 radical (unpaired) electrons. The van der Waals surface area contributed by atoms with Gasteiger partial charge in [-0.1, -0.05) is 0 Å². The number of carboxylic acid groups (broad SMARTS) is 1. The molecule has 1 saturated heterocycles. The first kappa shape index (κ1) is 18.6. The van der Waals surface area contributed by atoms with Crippen molar-refractivity contribution in [3.8, 4) is 0 Å². The molecule has 1 aromatic carbocycles. The van der Waals surface area contributed by atoms with E-state index >= 15 is 0 Å². The van der Waals surface area contributed by atoms with Crippen LogP contribution in [0, 0.1) is 15.9 Å². The highest BCUT2D eigenvalue weighted by Gasteiger charge is 2.38. The van der Waals surface area contributed by atoms with Gasteiger partial charge in [0.15, 0.2) is 5.82 Å². The number of rotatable bonds is 2. The van der Waals surface area contributed by atoms with Crippen molar-refractivity contribution in [3.63, 3.8) is 0 Å². The maximum Gasteiger partial charge on any atom is 0.490 e. The predicted octanol–water partition coefficient (Wildman–Crippen LogP) is 1.90. The fourth-order valence-corrected chi connectivity index (χ4v) is 1.87. The Morgan fingerprint density at radius 3 is 2.35 bits per heavy atom. The first-order valence-corrected chi connectivity index (χ1v) is 6.27. The van der Waals surface area contributed by atoms with Crippen LogP contribution in [0.1, 0.15) is 6.42 Å². The topological polar surface area (TPSA) is 110 Å². The van der Waals surface area contributed by atoms with Crippen molar-refractivity contribution in [1.82, 2.24) is 0 Å². The lowest BCUT2D eigenvalue weighted by Gasteiger charge is -2.18. The predicted molar refractivity (Wildman–Crippen MR) is 71.6 cm³/mol. The summed E-state index contributed by atoms with van der Waals surface area (Å²) >= 11 is 0. The Morgan fingerprint density at radius 1 is 1.43 bits per heavy atom. The standard InChI is InChI=1S/C10H12FN3O2.C2HF3O2/c11-9-5-8(14(15)16)1-2-10(9)13-4-3-7(12)6-13;3-2(4,5)1(6)7/h1-2,5,7H,3-4,6,12H2;(H,6,7)/t7-;/m1./s1. The summed E-state index contributed by atoms with van der Waals surface area (Å²) in [6.45, 7) is 1.28. The number of nitrogens with zero attached hydrogens (tertiary/aromatic N) is 2. The third-order valence-electron chi connectivity index (χ3n) is 2.95. The van der Waals surface area contributed by atoms with Gasteiger partial charge in [-0.15, -0.1) is 0 Å². The molecule has 0 bridgehead atoms. The summed E-state index contributed by atoms with van der Waals surface area (Å²) in [5, 5.41) is 17.6. The van der Waals surface area contributed by atoms with Gasteiger partial charge in [0.1, 0.15) is 0 Å². The monoisotopic (exact) mass is 339 g/mol. The van der Waals surface area contributed by atoms with Crippen LogP contribution in [0.4, 0.5) is 28.9 Å². The van der Waals surface area contributed by atoms with Gasteiger partial charge in [0.2, 0.25) is 0 Å². The number of aliphatic carboxylic acids is 1. The Labute approximate surface area is 127 Å². The largest absolute Gasteiger partial charge is 0.490 e. The minimum Gasteiger partial charge on any atom is -0.475 e. The zero-order chi connectivity index (χ0) is 17.8. The smallest absolute Gasteiger partial charge is 0.475 e. The minimum atomic E-state index is -5.08. The van der Waals surface area contributed by atoms with Gasteiger partial charge in [-0.05, 0) is 12.5 Å². The number of non-ortho nitro benzene ring substituents is 1. The second-order valence-corrected chi connectivity index (χ2v) is 4.69. The first-order chi connectivity index (χ1) is 10.5. The van der Waals surface area contributed by atoms with Gasteiger partial charge in [-0.3, -0.25) is 10.1 Å². The van der Waals surface area contributed by atoms with E-state index in [0.29, 0.717) is 18.8 Å². The molecular weight excluding hydrogens is 326 g/mol. The van der Waals surface area contributed by atoms with E-state index in [1.807, 2.05) is 4.90 Å². The molecule has 2 rings (SSSR count). The fraction of sp³-hybridized carbons (Fsp3) is 0.417. The normalized spacial score (nSPS) is 17.4. The lowest BCUT2D eigenvalue weighted by Crippen LogP contribution is -2.26. The summed E-state index contributed by atoms with van der Waals surface area (Å²) in [5.74, 6) is -3.32. The second-order valence-electron chi connectivity index (χ2n) is 4.69. The van der Waals surface area contributed by atoms with E-state index in [2.05, 4.69) is 0 Å². The van der Waals surface area contributed by atoms with Crippen molar-refractivity contribution in [3.05, 3.63) is 34.1 Å². The van der Waals surface area contributed by atoms with Crippen LogP contribution < -0.4 is 10.6 Å². The number of alkyl halides is 3. The lowest BCUT2D eigenvalue weighted by molar-refractivity contribution is -0.385. The number of hydrogen-bond donors (Lipinski definition) is 2. The number of anilines is 1. The van der Waals surface area contributed by atoms with Crippen LogP contribution in [0.5, 0.6) is 0 Å². The molecule has 1 aliphatic rings. The molecule has 1 fully saturated rings. The lowest BCUT2D eigenvalue weighted by atomic mass is 10.2. The van der Waals surface area contributed by atoms with Gasteiger partial charge < -0.3 is 15.7 Å².